The molecule has 1 rings (SSSR count). The number of hydrogen-bond donors (Lipinski definition) is 0. The molecule has 1 unspecified atom stereocenters. The van der Waals surface area contributed by atoms with E-state index < -0.39 is 0 Å². The molecule has 68 valence electrons. The van der Waals surface area contributed by atoms with Crippen LogP contribution in [-0.4, -0.2) is 48.9 Å². The summed E-state index contributed by atoms with van der Waals surface area (Å²) in [5.74, 6) is 0.0234. The molecule has 0 N–H and O–H groups in total. The molecule has 3 heteroatoms. The normalized spacial score (nSPS) is 24.0. The highest BCUT2D eigenvalue weighted by molar-refractivity contribution is 5.87. The van der Waals surface area contributed by atoms with Gasteiger partial charge < -0.3 is 9.80 Å². The van der Waals surface area contributed by atoms with E-state index in [1.54, 1.807) is 4.90 Å². The first-order valence-corrected chi connectivity index (χ1v) is 4.23. The Morgan fingerprint density at radius 3 is 2.83 bits per heavy atom. The van der Waals surface area contributed by atoms with E-state index in [4.69, 9.17) is 0 Å². The predicted octanol–water partition coefficient (Wildman–Crippen LogP) is 0.335. The fraction of sp³-hybridized carbons (Fsp3) is 0.667. The molecule has 3 nitrogen and oxygen atoms in total. The fourth-order valence-corrected chi connectivity index (χ4v) is 1.55. The van der Waals surface area contributed by atoms with Crippen molar-refractivity contribution in [2.45, 2.75) is 12.5 Å². The lowest BCUT2D eigenvalue weighted by molar-refractivity contribution is -0.126. The summed E-state index contributed by atoms with van der Waals surface area (Å²) in [6, 6.07) is 0.375. The minimum atomic E-state index is 0.0234. The highest BCUT2D eigenvalue weighted by Gasteiger charge is 2.24. The van der Waals surface area contributed by atoms with Crippen LogP contribution in [0.5, 0.6) is 0 Å². The molecule has 1 fully saturated rings. The van der Waals surface area contributed by atoms with Crippen LogP contribution in [0.25, 0.3) is 0 Å². The summed E-state index contributed by atoms with van der Waals surface area (Å²) in [7, 11) is 3.92. The Balaban J connectivity index is 2.47. The molecule has 1 aliphatic rings. The number of carbonyl (C=O) groups is 1. The maximum atomic E-state index is 11.2. The van der Waals surface area contributed by atoms with E-state index >= 15 is 0 Å². The van der Waals surface area contributed by atoms with E-state index in [2.05, 4.69) is 18.5 Å². The number of rotatable bonds is 2. The molecule has 1 aliphatic heterocycles. The van der Waals surface area contributed by atoms with Gasteiger partial charge in [0.1, 0.15) is 0 Å². The van der Waals surface area contributed by atoms with Gasteiger partial charge in [0.05, 0.1) is 0 Å². The minimum Gasteiger partial charge on any atom is -0.338 e. The van der Waals surface area contributed by atoms with Gasteiger partial charge in [-0.2, -0.15) is 0 Å². The summed E-state index contributed by atoms with van der Waals surface area (Å²) in [4.78, 5) is 15.2. The van der Waals surface area contributed by atoms with Crippen LogP contribution in [0.1, 0.15) is 6.42 Å². The molecule has 0 aromatic carbocycles. The molecular weight excluding hydrogens is 152 g/mol. The first kappa shape index (κ1) is 9.26. The maximum absolute atomic E-state index is 11.2. The molecule has 0 aliphatic carbocycles. The number of nitrogens with zero attached hydrogens (tertiary/aromatic N) is 2. The molecule has 12 heavy (non-hydrogen) atoms. The summed E-state index contributed by atoms with van der Waals surface area (Å²) in [6.45, 7) is 5.53. The lowest BCUT2D eigenvalue weighted by atomic mass is 10.2. The molecule has 1 heterocycles. The zero-order chi connectivity index (χ0) is 9.14. The molecule has 1 saturated heterocycles. The van der Waals surface area contributed by atoms with Gasteiger partial charge in [-0.25, -0.2) is 0 Å². The molecule has 0 saturated carbocycles. The number of carbonyl (C=O) groups excluding carboxylic acids is 1. The molecule has 0 radical (unpaired) electrons. The van der Waals surface area contributed by atoms with Gasteiger partial charge in [0.15, 0.2) is 0 Å². The lowest BCUT2D eigenvalue weighted by Crippen LogP contribution is -2.37. The number of hydrogen-bond acceptors (Lipinski definition) is 2. The van der Waals surface area contributed by atoms with Crippen LogP contribution in [-0.2, 0) is 4.79 Å². The van der Waals surface area contributed by atoms with Crippen molar-refractivity contribution in [2.24, 2.45) is 0 Å². The third-order valence-corrected chi connectivity index (χ3v) is 2.44. The smallest absolute Gasteiger partial charge is 0.245 e. The van der Waals surface area contributed by atoms with E-state index in [1.165, 1.54) is 6.08 Å². The van der Waals surface area contributed by atoms with Gasteiger partial charge in [-0.1, -0.05) is 6.58 Å². The summed E-state index contributed by atoms with van der Waals surface area (Å²) in [6.07, 6.45) is 2.45. The van der Waals surface area contributed by atoms with Crippen molar-refractivity contribution in [1.82, 2.24) is 9.80 Å². The van der Waals surface area contributed by atoms with Gasteiger partial charge in [-0.15, -0.1) is 0 Å². The van der Waals surface area contributed by atoms with Gasteiger partial charge in [0.2, 0.25) is 5.91 Å². The average molecular weight is 168 g/mol. The summed E-state index contributed by atoms with van der Waals surface area (Å²) in [5, 5.41) is 0. The molecular formula is C9H16N2O. The van der Waals surface area contributed by atoms with Crippen molar-refractivity contribution < 1.29 is 4.79 Å². The quantitative estimate of drug-likeness (QED) is 0.555. The van der Waals surface area contributed by atoms with E-state index in [9.17, 15) is 4.79 Å². The molecule has 1 atom stereocenters. The van der Waals surface area contributed by atoms with Crippen LogP contribution in [0.15, 0.2) is 12.7 Å². The van der Waals surface area contributed by atoms with Gasteiger partial charge in [-0.3, -0.25) is 4.79 Å². The van der Waals surface area contributed by atoms with Gasteiger partial charge in [0.25, 0.3) is 0 Å². The van der Waals surface area contributed by atoms with Crippen LogP contribution in [0.3, 0.4) is 0 Å². The van der Waals surface area contributed by atoms with E-state index in [0.29, 0.717) is 6.04 Å². The Labute approximate surface area is 73.6 Å². The first-order valence-electron chi connectivity index (χ1n) is 4.23. The number of amides is 1. The van der Waals surface area contributed by atoms with Crippen LogP contribution >= 0.6 is 0 Å². The molecule has 0 spiro atoms. The number of likely N-dealkylation sites (tertiary alicyclic amines) is 1. The highest BCUT2D eigenvalue weighted by atomic mass is 16.2. The van der Waals surface area contributed by atoms with Crippen molar-refractivity contribution in [3.63, 3.8) is 0 Å². The average Bonchev–Trinajstić information content (AvgIpc) is 2.49. The second-order valence-electron chi connectivity index (χ2n) is 3.36. The summed E-state index contributed by atoms with van der Waals surface area (Å²) < 4.78 is 0. The van der Waals surface area contributed by atoms with Gasteiger partial charge in [0, 0.05) is 19.6 Å². The highest BCUT2D eigenvalue weighted by Crippen LogP contribution is 2.12. The summed E-state index contributed by atoms with van der Waals surface area (Å²) >= 11 is 0. The topological polar surface area (TPSA) is 23.6 Å². The molecule has 0 aromatic rings. The first-order chi connectivity index (χ1) is 5.65. The van der Waals surface area contributed by atoms with Crippen molar-refractivity contribution >= 4 is 5.91 Å². The minimum absolute atomic E-state index is 0.0234. The SMILES string of the molecule is C=CC(=O)N(C)C1CCN(C)C1. The van der Waals surface area contributed by atoms with Crippen LogP contribution in [0.4, 0.5) is 0 Å². The van der Waals surface area contributed by atoms with Crippen molar-refractivity contribution in [2.75, 3.05) is 27.2 Å². The largest absolute Gasteiger partial charge is 0.338 e. The molecule has 0 bridgehead atoms. The zero-order valence-corrected chi connectivity index (χ0v) is 7.79. The standard InChI is InChI=1S/C9H16N2O/c1-4-9(12)11(3)8-5-6-10(2)7-8/h4,8H,1,5-7H2,2-3H3. The van der Waals surface area contributed by atoms with Crippen LogP contribution < -0.4 is 0 Å². The van der Waals surface area contributed by atoms with E-state index in [1.807, 2.05) is 7.05 Å². The summed E-state index contributed by atoms with van der Waals surface area (Å²) in [5.41, 5.74) is 0. The van der Waals surface area contributed by atoms with Crippen LogP contribution in [0, 0.1) is 0 Å². The second-order valence-corrected chi connectivity index (χ2v) is 3.36. The Morgan fingerprint density at radius 1 is 1.75 bits per heavy atom. The Hall–Kier alpha value is -0.830. The van der Waals surface area contributed by atoms with Crippen LogP contribution in [0.2, 0.25) is 0 Å². The molecule has 1 amide bonds. The molecule has 0 aromatic heterocycles. The lowest BCUT2D eigenvalue weighted by Gasteiger charge is -2.22. The third kappa shape index (κ3) is 1.85. The third-order valence-electron chi connectivity index (χ3n) is 2.44. The Kier molecular flexibility index (Phi) is 2.87. The Morgan fingerprint density at radius 2 is 2.42 bits per heavy atom. The van der Waals surface area contributed by atoms with Crippen molar-refractivity contribution in [3.8, 4) is 0 Å². The second kappa shape index (κ2) is 3.72. The van der Waals surface area contributed by atoms with Crippen molar-refractivity contribution in [1.29, 1.82) is 0 Å². The fourth-order valence-electron chi connectivity index (χ4n) is 1.55. The maximum Gasteiger partial charge on any atom is 0.245 e. The van der Waals surface area contributed by atoms with Gasteiger partial charge in [-0.05, 0) is 26.1 Å². The number of likely N-dealkylation sites (N-methyl/N-ethyl adjacent to an activating group) is 2. The zero-order valence-electron chi connectivity index (χ0n) is 7.79. The van der Waals surface area contributed by atoms with E-state index in [-0.39, 0.29) is 5.91 Å². The Bertz CT molecular complexity index is 191. The predicted molar refractivity (Wildman–Crippen MR) is 48.9 cm³/mol. The van der Waals surface area contributed by atoms with E-state index in [0.717, 1.165) is 19.5 Å². The van der Waals surface area contributed by atoms with Gasteiger partial charge >= 0.3 is 0 Å². The van der Waals surface area contributed by atoms with Crippen molar-refractivity contribution in [3.05, 3.63) is 12.7 Å². The monoisotopic (exact) mass is 168 g/mol.